The zero-order valence-corrected chi connectivity index (χ0v) is 21.0. The molecule has 0 aromatic heterocycles. The molecule has 1 saturated heterocycles. The molecule has 0 radical (unpaired) electrons. The van der Waals surface area contributed by atoms with Crippen LogP contribution in [-0.2, 0) is 4.79 Å². The Morgan fingerprint density at radius 1 is 1.00 bits per heavy atom. The van der Waals surface area contributed by atoms with Gasteiger partial charge in [-0.2, -0.15) is 0 Å². The van der Waals surface area contributed by atoms with Crippen LogP contribution in [0.5, 0.6) is 0 Å². The molecule has 1 amide bonds. The first-order valence-corrected chi connectivity index (χ1v) is 11.8. The lowest BCUT2D eigenvalue weighted by Crippen LogP contribution is -2.49. The SMILES string of the molecule is C\C=C(C(/C(C)=N/C=C/CC)=C(/C)N1CCN(C(=O)C(C)C)CC1)\C(C)C(C)CC. The van der Waals surface area contributed by atoms with E-state index in [1.807, 2.05) is 24.9 Å². The van der Waals surface area contributed by atoms with Crippen molar-refractivity contribution in [3.05, 3.63) is 35.2 Å². The Hall–Kier alpha value is -1.84. The number of amides is 1. The number of carbonyl (C=O) groups excluding carboxylic acids is 1. The van der Waals surface area contributed by atoms with Gasteiger partial charge in [0.2, 0.25) is 5.91 Å². The molecular formula is C26H45N3O. The first-order valence-electron chi connectivity index (χ1n) is 11.8. The first kappa shape index (κ1) is 26.2. The van der Waals surface area contributed by atoms with Crippen LogP contribution >= 0.6 is 0 Å². The molecule has 4 nitrogen and oxygen atoms in total. The van der Waals surface area contributed by atoms with E-state index < -0.39 is 0 Å². The van der Waals surface area contributed by atoms with Crippen molar-refractivity contribution in [2.24, 2.45) is 22.7 Å². The van der Waals surface area contributed by atoms with E-state index in [0.717, 1.165) is 44.7 Å². The van der Waals surface area contributed by atoms with E-state index in [1.165, 1.54) is 16.8 Å². The number of piperazine rings is 1. The van der Waals surface area contributed by atoms with E-state index in [0.29, 0.717) is 11.8 Å². The standard InChI is InChI=1S/C26H45N3O/c1-10-13-14-27-22(8)25(24(12-3)21(7)20(6)11-2)23(9)28-15-17-29(18-16-28)26(30)19(4)5/h12-14,19-21H,10-11,15-18H2,1-9H3/b14-13+,24-12-,25-23-,27-22+. The molecule has 0 aliphatic carbocycles. The third-order valence-corrected chi connectivity index (χ3v) is 6.48. The Kier molecular flexibility index (Phi) is 11.1. The predicted molar refractivity (Wildman–Crippen MR) is 131 cm³/mol. The van der Waals surface area contributed by atoms with Crippen molar-refractivity contribution >= 4 is 11.6 Å². The number of nitrogens with zero attached hydrogens (tertiary/aromatic N) is 3. The average Bonchev–Trinajstić information content (AvgIpc) is 2.75. The highest BCUT2D eigenvalue weighted by Crippen LogP contribution is 2.32. The molecule has 2 unspecified atom stereocenters. The van der Waals surface area contributed by atoms with Gasteiger partial charge in [-0.1, -0.05) is 60.1 Å². The summed E-state index contributed by atoms with van der Waals surface area (Å²) in [6, 6.07) is 0. The van der Waals surface area contributed by atoms with Crippen molar-refractivity contribution in [3.8, 4) is 0 Å². The van der Waals surface area contributed by atoms with Gasteiger partial charge in [0.05, 0.1) is 0 Å². The fraction of sp³-hybridized carbons (Fsp3) is 0.692. The number of allylic oxidation sites excluding steroid dienone is 5. The molecule has 0 spiro atoms. The minimum absolute atomic E-state index is 0.0643. The monoisotopic (exact) mass is 415 g/mol. The summed E-state index contributed by atoms with van der Waals surface area (Å²) in [5.74, 6) is 1.40. The van der Waals surface area contributed by atoms with E-state index in [1.54, 1.807) is 0 Å². The minimum Gasteiger partial charge on any atom is -0.371 e. The second-order valence-electron chi connectivity index (χ2n) is 8.85. The van der Waals surface area contributed by atoms with Crippen LogP contribution in [0, 0.1) is 17.8 Å². The van der Waals surface area contributed by atoms with Crippen LogP contribution in [0.15, 0.2) is 40.2 Å². The van der Waals surface area contributed by atoms with Gasteiger partial charge in [-0.15, -0.1) is 0 Å². The number of rotatable bonds is 9. The molecule has 0 saturated carbocycles. The lowest BCUT2D eigenvalue weighted by molar-refractivity contribution is -0.135. The third kappa shape index (κ3) is 6.85. The Morgan fingerprint density at radius 3 is 2.03 bits per heavy atom. The maximum Gasteiger partial charge on any atom is 0.225 e. The summed E-state index contributed by atoms with van der Waals surface area (Å²) in [5, 5.41) is 0. The van der Waals surface area contributed by atoms with Crippen molar-refractivity contribution in [1.82, 2.24) is 9.80 Å². The smallest absolute Gasteiger partial charge is 0.225 e. The molecule has 0 aromatic carbocycles. The van der Waals surface area contributed by atoms with Gasteiger partial charge >= 0.3 is 0 Å². The predicted octanol–water partition coefficient (Wildman–Crippen LogP) is 6.07. The fourth-order valence-corrected chi connectivity index (χ4v) is 4.09. The van der Waals surface area contributed by atoms with Crippen molar-refractivity contribution in [2.45, 2.75) is 75.2 Å². The van der Waals surface area contributed by atoms with Crippen LogP contribution < -0.4 is 0 Å². The molecule has 4 heteroatoms. The Balaban J connectivity index is 3.29. The third-order valence-electron chi connectivity index (χ3n) is 6.48. The molecule has 1 aliphatic rings. The van der Waals surface area contributed by atoms with Crippen molar-refractivity contribution < 1.29 is 4.79 Å². The maximum atomic E-state index is 12.4. The Labute approximate surface area is 185 Å². The zero-order valence-electron chi connectivity index (χ0n) is 21.0. The van der Waals surface area contributed by atoms with Crippen LogP contribution in [0.1, 0.15) is 75.2 Å². The summed E-state index contributed by atoms with van der Waals surface area (Å²) < 4.78 is 0. The quantitative estimate of drug-likeness (QED) is 0.338. The van der Waals surface area contributed by atoms with Gasteiger partial charge in [0.25, 0.3) is 0 Å². The van der Waals surface area contributed by atoms with Gasteiger partial charge in [-0.05, 0) is 44.6 Å². The van der Waals surface area contributed by atoms with Crippen molar-refractivity contribution in [1.29, 1.82) is 0 Å². The van der Waals surface area contributed by atoms with E-state index in [-0.39, 0.29) is 11.8 Å². The topological polar surface area (TPSA) is 35.9 Å². The number of hydrogen-bond donors (Lipinski definition) is 0. The molecule has 0 aromatic rings. The lowest BCUT2D eigenvalue weighted by Gasteiger charge is -2.39. The molecule has 1 heterocycles. The molecule has 1 aliphatic heterocycles. The highest BCUT2D eigenvalue weighted by Gasteiger charge is 2.27. The van der Waals surface area contributed by atoms with Crippen LogP contribution in [0.3, 0.4) is 0 Å². The summed E-state index contributed by atoms with van der Waals surface area (Å²) in [6.07, 6.45) is 8.45. The van der Waals surface area contributed by atoms with Crippen molar-refractivity contribution in [3.63, 3.8) is 0 Å². The lowest BCUT2D eigenvalue weighted by atomic mass is 9.81. The van der Waals surface area contributed by atoms with Gasteiger partial charge < -0.3 is 9.80 Å². The molecule has 1 rings (SSSR count). The zero-order chi connectivity index (χ0) is 22.8. The number of carbonyl (C=O) groups is 1. The summed E-state index contributed by atoms with van der Waals surface area (Å²) in [5.41, 5.74) is 5.01. The molecule has 170 valence electrons. The van der Waals surface area contributed by atoms with Gasteiger partial charge in [-0.25, -0.2) is 0 Å². The summed E-state index contributed by atoms with van der Waals surface area (Å²) >= 11 is 0. The fourth-order valence-electron chi connectivity index (χ4n) is 4.09. The van der Waals surface area contributed by atoms with Gasteiger partial charge in [-0.3, -0.25) is 9.79 Å². The van der Waals surface area contributed by atoms with E-state index in [2.05, 4.69) is 65.5 Å². The highest BCUT2D eigenvalue weighted by atomic mass is 16.2. The normalized spacial score (nSPS) is 19.4. The minimum atomic E-state index is 0.0643. The van der Waals surface area contributed by atoms with Gasteiger partial charge in [0, 0.05) is 55.3 Å². The molecule has 2 atom stereocenters. The van der Waals surface area contributed by atoms with Crippen molar-refractivity contribution in [2.75, 3.05) is 26.2 Å². The highest BCUT2D eigenvalue weighted by molar-refractivity contribution is 6.03. The Bertz CT molecular complexity index is 676. The average molecular weight is 416 g/mol. The number of aliphatic imine (C=N–C) groups is 1. The Morgan fingerprint density at radius 2 is 1.57 bits per heavy atom. The summed E-state index contributed by atoms with van der Waals surface area (Å²) in [7, 11) is 0. The van der Waals surface area contributed by atoms with Gasteiger partial charge in [0.15, 0.2) is 0 Å². The molecular weight excluding hydrogens is 370 g/mol. The molecule has 30 heavy (non-hydrogen) atoms. The summed E-state index contributed by atoms with van der Waals surface area (Å²) in [4.78, 5) is 21.6. The van der Waals surface area contributed by atoms with Crippen LogP contribution in [0.2, 0.25) is 0 Å². The largest absolute Gasteiger partial charge is 0.371 e. The molecule has 0 bridgehead atoms. The van der Waals surface area contributed by atoms with E-state index in [4.69, 9.17) is 4.99 Å². The maximum absolute atomic E-state index is 12.4. The number of hydrogen-bond acceptors (Lipinski definition) is 3. The van der Waals surface area contributed by atoms with E-state index in [9.17, 15) is 4.79 Å². The molecule has 0 N–H and O–H groups in total. The van der Waals surface area contributed by atoms with E-state index >= 15 is 0 Å². The second kappa shape index (κ2) is 12.8. The van der Waals surface area contributed by atoms with Crippen LogP contribution in [0.4, 0.5) is 0 Å². The second-order valence-corrected chi connectivity index (χ2v) is 8.85. The van der Waals surface area contributed by atoms with Crippen LogP contribution in [-0.4, -0.2) is 47.6 Å². The van der Waals surface area contributed by atoms with Crippen LogP contribution in [0.25, 0.3) is 0 Å². The first-order chi connectivity index (χ1) is 14.2. The molecule has 1 fully saturated rings. The van der Waals surface area contributed by atoms with Gasteiger partial charge in [0.1, 0.15) is 0 Å². The summed E-state index contributed by atoms with van der Waals surface area (Å²) in [6.45, 7) is 22.9.